The number of nitrogen functional groups attached to an aromatic ring is 1. The number of rotatable bonds is 5. The highest BCUT2D eigenvalue weighted by atomic mass is 16.5. The van der Waals surface area contributed by atoms with E-state index in [0.717, 1.165) is 34.1 Å². The van der Waals surface area contributed by atoms with Crippen molar-refractivity contribution in [3.8, 4) is 22.8 Å². The fourth-order valence-corrected chi connectivity index (χ4v) is 2.94. The summed E-state index contributed by atoms with van der Waals surface area (Å²) in [7, 11) is 0. The summed E-state index contributed by atoms with van der Waals surface area (Å²) in [4.78, 5) is 8.95. The summed E-state index contributed by atoms with van der Waals surface area (Å²) in [5.41, 5.74) is 14.4. The van der Waals surface area contributed by atoms with Crippen LogP contribution in [0, 0.1) is 0 Å². The average Bonchev–Trinajstić information content (AvgIpc) is 3.04. The van der Waals surface area contributed by atoms with Crippen LogP contribution >= 0.6 is 0 Å². The minimum Gasteiger partial charge on any atom is -0.457 e. The molecule has 6 heteroatoms. The van der Waals surface area contributed by atoms with E-state index >= 15 is 0 Å². The van der Waals surface area contributed by atoms with Gasteiger partial charge in [-0.2, -0.15) is 0 Å². The Hall–Kier alpha value is -3.38. The van der Waals surface area contributed by atoms with Gasteiger partial charge < -0.3 is 16.2 Å². The zero-order valence-electron chi connectivity index (χ0n) is 14.2. The van der Waals surface area contributed by atoms with Crippen molar-refractivity contribution in [3.05, 3.63) is 72.8 Å². The van der Waals surface area contributed by atoms with Gasteiger partial charge in [0.1, 0.15) is 34.4 Å². The molecule has 26 heavy (non-hydrogen) atoms. The second-order valence-electron chi connectivity index (χ2n) is 5.89. The quantitative estimate of drug-likeness (QED) is 0.579. The Balaban J connectivity index is 1.71. The first kappa shape index (κ1) is 16.1. The molecule has 6 nitrogen and oxygen atoms in total. The van der Waals surface area contributed by atoms with Crippen LogP contribution in [-0.4, -0.2) is 20.9 Å². The van der Waals surface area contributed by atoms with Crippen molar-refractivity contribution in [2.45, 2.75) is 6.42 Å². The minimum atomic E-state index is 0.447. The summed E-state index contributed by atoms with van der Waals surface area (Å²) in [5.74, 6) is 2.88. The molecule has 0 saturated carbocycles. The number of nitrogens with two attached hydrogens (primary N) is 2. The molecule has 0 radical (unpaired) electrons. The Bertz CT molecular complexity index is 1030. The van der Waals surface area contributed by atoms with Crippen LogP contribution in [-0.2, 0) is 6.42 Å². The third kappa shape index (κ3) is 2.98. The van der Waals surface area contributed by atoms with Crippen LogP contribution in [0.15, 0.2) is 67.0 Å². The Kier molecular flexibility index (Phi) is 4.25. The topological polar surface area (TPSA) is 91.5 Å². The molecular formula is C20H19N5O. The molecule has 2 heterocycles. The fraction of sp³-hybridized carbons (Fsp3) is 0.100. The third-order valence-electron chi connectivity index (χ3n) is 4.13. The van der Waals surface area contributed by atoms with E-state index in [-0.39, 0.29) is 0 Å². The number of nitrogens with zero attached hydrogens (tertiary/aromatic N) is 3. The first-order valence-electron chi connectivity index (χ1n) is 8.41. The third-order valence-corrected chi connectivity index (χ3v) is 4.13. The predicted molar refractivity (Wildman–Crippen MR) is 102 cm³/mol. The van der Waals surface area contributed by atoms with Crippen molar-refractivity contribution < 1.29 is 4.74 Å². The fourth-order valence-electron chi connectivity index (χ4n) is 2.94. The molecule has 0 spiro atoms. The number of imidazole rings is 1. The smallest absolute Gasteiger partial charge is 0.150 e. The van der Waals surface area contributed by atoms with Gasteiger partial charge in [0.15, 0.2) is 0 Å². The zero-order chi connectivity index (χ0) is 17.9. The van der Waals surface area contributed by atoms with Gasteiger partial charge in [-0.3, -0.25) is 4.40 Å². The van der Waals surface area contributed by atoms with E-state index in [4.69, 9.17) is 21.2 Å². The lowest BCUT2D eigenvalue weighted by atomic mass is 10.1. The Morgan fingerprint density at radius 1 is 0.962 bits per heavy atom. The molecule has 0 saturated heterocycles. The predicted octanol–water partition coefficient (Wildman–Crippen LogP) is 3.27. The monoisotopic (exact) mass is 345 g/mol. The summed E-state index contributed by atoms with van der Waals surface area (Å²) in [6.45, 7) is 0.518. The molecule has 0 aliphatic carbocycles. The van der Waals surface area contributed by atoms with Crippen molar-refractivity contribution in [2.24, 2.45) is 5.73 Å². The molecular weight excluding hydrogens is 326 g/mol. The molecule has 130 valence electrons. The van der Waals surface area contributed by atoms with Gasteiger partial charge in [0.05, 0.1) is 0 Å². The molecule has 0 amide bonds. The molecule has 4 aromatic rings. The maximum atomic E-state index is 6.11. The Morgan fingerprint density at radius 3 is 2.42 bits per heavy atom. The maximum absolute atomic E-state index is 6.11. The first-order chi connectivity index (χ1) is 12.8. The summed E-state index contributed by atoms with van der Waals surface area (Å²) >= 11 is 0. The highest BCUT2D eigenvalue weighted by molar-refractivity contribution is 5.85. The standard InChI is InChI=1S/C20H19N5O/c21-11-10-17-24-18(19-20(22)23-12-13-25(17)19)14-6-8-16(9-7-14)26-15-4-2-1-3-5-15/h1-9,12-13H,10-11,21H2,(H2,22,23). The summed E-state index contributed by atoms with van der Waals surface area (Å²) in [6, 6.07) is 17.5. The number of hydrogen-bond acceptors (Lipinski definition) is 5. The van der Waals surface area contributed by atoms with E-state index in [1.165, 1.54) is 0 Å². The van der Waals surface area contributed by atoms with E-state index in [1.54, 1.807) is 6.20 Å². The van der Waals surface area contributed by atoms with E-state index in [9.17, 15) is 0 Å². The van der Waals surface area contributed by atoms with Crippen molar-refractivity contribution in [3.63, 3.8) is 0 Å². The van der Waals surface area contributed by atoms with Crippen LogP contribution in [0.1, 0.15) is 5.82 Å². The zero-order valence-corrected chi connectivity index (χ0v) is 14.2. The van der Waals surface area contributed by atoms with Gasteiger partial charge in [0, 0.05) is 24.4 Å². The van der Waals surface area contributed by atoms with E-state index < -0.39 is 0 Å². The molecule has 0 aliphatic rings. The van der Waals surface area contributed by atoms with E-state index in [1.807, 2.05) is 65.2 Å². The largest absolute Gasteiger partial charge is 0.457 e. The van der Waals surface area contributed by atoms with Crippen molar-refractivity contribution >= 4 is 11.3 Å². The number of benzene rings is 2. The van der Waals surface area contributed by atoms with Crippen LogP contribution in [0.25, 0.3) is 16.8 Å². The number of aromatic nitrogens is 3. The minimum absolute atomic E-state index is 0.447. The van der Waals surface area contributed by atoms with Gasteiger partial charge in [0.2, 0.25) is 0 Å². The van der Waals surface area contributed by atoms with Crippen molar-refractivity contribution in [1.29, 1.82) is 0 Å². The normalized spacial score (nSPS) is 11.0. The van der Waals surface area contributed by atoms with Gasteiger partial charge in [-0.05, 0) is 42.9 Å². The first-order valence-corrected chi connectivity index (χ1v) is 8.41. The van der Waals surface area contributed by atoms with Gasteiger partial charge in [0.25, 0.3) is 0 Å². The molecule has 2 aromatic heterocycles. The summed E-state index contributed by atoms with van der Waals surface area (Å²) in [5, 5.41) is 0. The van der Waals surface area contributed by atoms with Gasteiger partial charge in [-0.15, -0.1) is 0 Å². The molecule has 0 fully saturated rings. The molecule has 2 aromatic carbocycles. The number of fused-ring (bicyclic) bond motifs is 1. The molecule has 4 rings (SSSR count). The highest BCUT2D eigenvalue weighted by Gasteiger charge is 2.15. The molecule has 0 unspecified atom stereocenters. The van der Waals surface area contributed by atoms with Gasteiger partial charge in [-0.25, -0.2) is 9.97 Å². The number of hydrogen-bond donors (Lipinski definition) is 2. The van der Waals surface area contributed by atoms with Crippen LogP contribution in [0.4, 0.5) is 5.82 Å². The van der Waals surface area contributed by atoms with Gasteiger partial charge >= 0.3 is 0 Å². The lowest BCUT2D eigenvalue weighted by Gasteiger charge is -2.06. The van der Waals surface area contributed by atoms with E-state index in [0.29, 0.717) is 18.8 Å². The molecule has 0 aliphatic heterocycles. The van der Waals surface area contributed by atoms with Crippen molar-refractivity contribution in [2.75, 3.05) is 12.3 Å². The average molecular weight is 345 g/mol. The Labute approximate surface area is 151 Å². The lowest BCUT2D eigenvalue weighted by molar-refractivity contribution is 0.483. The van der Waals surface area contributed by atoms with Crippen molar-refractivity contribution in [1.82, 2.24) is 14.4 Å². The van der Waals surface area contributed by atoms with Gasteiger partial charge in [-0.1, -0.05) is 18.2 Å². The Morgan fingerprint density at radius 2 is 1.69 bits per heavy atom. The summed E-state index contributed by atoms with van der Waals surface area (Å²) in [6.07, 6.45) is 4.20. The summed E-state index contributed by atoms with van der Waals surface area (Å²) < 4.78 is 7.80. The second kappa shape index (κ2) is 6.85. The highest BCUT2D eigenvalue weighted by Crippen LogP contribution is 2.30. The number of para-hydroxylation sites is 1. The second-order valence-corrected chi connectivity index (χ2v) is 5.89. The number of anilines is 1. The molecule has 4 N–H and O–H groups in total. The SMILES string of the molecule is NCCc1nc(-c2ccc(Oc3ccccc3)cc2)c2c(N)nccn12. The van der Waals surface area contributed by atoms with Crippen LogP contribution in [0.3, 0.4) is 0 Å². The van der Waals surface area contributed by atoms with Crippen LogP contribution < -0.4 is 16.2 Å². The molecule has 0 atom stereocenters. The molecule has 0 bridgehead atoms. The van der Waals surface area contributed by atoms with Crippen LogP contribution in [0.5, 0.6) is 11.5 Å². The lowest BCUT2D eigenvalue weighted by Crippen LogP contribution is -2.06. The van der Waals surface area contributed by atoms with Crippen LogP contribution in [0.2, 0.25) is 0 Å². The van der Waals surface area contributed by atoms with E-state index in [2.05, 4.69) is 4.98 Å². The number of ether oxygens (including phenoxy) is 1. The maximum Gasteiger partial charge on any atom is 0.150 e.